The normalized spacial score (nSPS) is 17.2. The molecule has 0 saturated carbocycles. The van der Waals surface area contributed by atoms with E-state index in [1.807, 2.05) is 30.3 Å². The van der Waals surface area contributed by atoms with Gasteiger partial charge in [0.15, 0.2) is 0 Å². The van der Waals surface area contributed by atoms with E-state index in [4.69, 9.17) is 16.9 Å². The van der Waals surface area contributed by atoms with Gasteiger partial charge in [-0.25, -0.2) is 0 Å². The summed E-state index contributed by atoms with van der Waals surface area (Å²) in [5.74, 6) is 0.386. The van der Waals surface area contributed by atoms with Gasteiger partial charge in [0.1, 0.15) is 0 Å². The molecule has 92 valence electrons. The van der Waals surface area contributed by atoms with Crippen molar-refractivity contribution in [3.05, 3.63) is 58.1 Å². The molecule has 0 amide bonds. The quantitative estimate of drug-likeness (QED) is 0.740. The van der Waals surface area contributed by atoms with E-state index in [2.05, 4.69) is 19.1 Å². The SMILES string of the molecule is C[C@@H](C1=CC=C(Cl)CCC1)c1ccc(C#N)cc1. The molecular formula is C16H16ClN. The maximum absolute atomic E-state index is 8.80. The van der Waals surface area contributed by atoms with Crippen molar-refractivity contribution in [1.82, 2.24) is 0 Å². The van der Waals surface area contributed by atoms with E-state index in [0.717, 1.165) is 24.3 Å². The number of nitrogens with zero attached hydrogens (tertiary/aromatic N) is 1. The van der Waals surface area contributed by atoms with Gasteiger partial charge in [0, 0.05) is 11.0 Å². The molecule has 1 aromatic rings. The number of nitriles is 1. The van der Waals surface area contributed by atoms with Gasteiger partial charge in [0.25, 0.3) is 0 Å². The molecule has 0 spiro atoms. The maximum atomic E-state index is 8.80. The van der Waals surface area contributed by atoms with Gasteiger partial charge >= 0.3 is 0 Å². The molecule has 18 heavy (non-hydrogen) atoms. The number of hydrogen-bond donors (Lipinski definition) is 0. The van der Waals surface area contributed by atoms with Gasteiger partial charge in [0.05, 0.1) is 11.6 Å². The van der Waals surface area contributed by atoms with Gasteiger partial charge in [-0.05, 0) is 43.0 Å². The van der Waals surface area contributed by atoms with Crippen LogP contribution in [-0.4, -0.2) is 0 Å². The van der Waals surface area contributed by atoms with Crippen molar-refractivity contribution in [2.24, 2.45) is 0 Å². The van der Waals surface area contributed by atoms with E-state index in [1.165, 1.54) is 11.1 Å². The first-order chi connectivity index (χ1) is 8.70. The first-order valence-electron chi connectivity index (χ1n) is 6.26. The van der Waals surface area contributed by atoms with Crippen molar-refractivity contribution in [2.75, 3.05) is 0 Å². The smallest absolute Gasteiger partial charge is 0.0991 e. The van der Waals surface area contributed by atoms with E-state index in [1.54, 1.807) is 0 Å². The summed E-state index contributed by atoms with van der Waals surface area (Å²) in [6.45, 7) is 2.21. The van der Waals surface area contributed by atoms with Gasteiger partial charge in [0.2, 0.25) is 0 Å². The summed E-state index contributed by atoms with van der Waals surface area (Å²) >= 11 is 6.06. The highest BCUT2D eigenvalue weighted by Crippen LogP contribution is 2.31. The van der Waals surface area contributed by atoms with E-state index < -0.39 is 0 Å². The zero-order chi connectivity index (χ0) is 13.0. The average Bonchev–Trinajstić information content (AvgIpc) is 2.63. The van der Waals surface area contributed by atoms with E-state index in [0.29, 0.717) is 11.5 Å². The van der Waals surface area contributed by atoms with E-state index in [-0.39, 0.29) is 0 Å². The highest BCUT2D eigenvalue weighted by molar-refractivity contribution is 6.29. The molecule has 1 aliphatic rings. The van der Waals surface area contributed by atoms with Gasteiger partial charge in [-0.15, -0.1) is 0 Å². The Bertz CT molecular complexity index is 517. The summed E-state index contributed by atoms with van der Waals surface area (Å²) < 4.78 is 0. The zero-order valence-corrected chi connectivity index (χ0v) is 11.2. The fraction of sp³-hybridized carbons (Fsp3) is 0.312. The minimum absolute atomic E-state index is 0.386. The lowest BCUT2D eigenvalue weighted by atomic mass is 9.89. The molecule has 0 aliphatic heterocycles. The third kappa shape index (κ3) is 3.03. The van der Waals surface area contributed by atoms with Crippen LogP contribution in [0.25, 0.3) is 0 Å². The Morgan fingerprint density at radius 3 is 2.56 bits per heavy atom. The highest BCUT2D eigenvalue weighted by Gasteiger charge is 2.12. The minimum Gasteiger partial charge on any atom is -0.192 e. The molecule has 1 nitrogen and oxygen atoms in total. The van der Waals surface area contributed by atoms with Crippen LogP contribution in [-0.2, 0) is 0 Å². The van der Waals surface area contributed by atoms with Crippen LogP contribution in [0.5, 0.6) is 0 Å². The van der Waals surface area contributed by atoms with Crippen LogP contribution in [0.15, 0.2) is 47.0 Å². The zero-order valence-electron chi connectivity index (χ0n) is 10.5. The Morgan fingerprint density at radius 1 is 1.17 bits per heavy atom. The van der Waals surface area contributed by atoms with Crippen molar-refractivity contribution in [1.29, 1.82) is 5.26 Å². The van der Waals surface area contributed by atoms with Gasteiger partial charge in [-0.3, -0.25) is 0 Å². The Labute approximate surface area is 113 Å². The summed E-state index contributed by atoms with van der Waals surface area (Å²) in [5, 5.41) is 9.74. The average molecular weight is 258 g/mol. The molecule has 2 heteroatoms. The van der Waals surface area contributed by atoms with Crippen LogP contribution in [0.1, 0.15) is 43.2 Å². The number of halogens is 1. The second-order valence-electron chi connectivity index (χ2n) is 4.66. The largest absolute Gasteiger partial charge is 0.192 e. The number of benzene rings is 1. The molecule has 0 radical (unpaired) electrons. The lowest BCUT2D eigenvalue weighted by Crippen LogP contribution is -1.98. The monoisotopic (exact) mass is 257 g/mol. The minimum atomic E-state index is 0.386. The van der Waals surface area contributed by atoms with Crippen molar-refractivity contribution in [3.8, 4) is 6.07 Å². The molecule has 0 heterocycles. The molecule has 0 fully saturated rings. The topological polar surface area (TPSA) is 23.8 Å². The second kappa shape index (κ2) is 5.89. The lowest BCUT2D eigenvalue weighted by Gasteiger charge is -2.15. The summed E-state index contributed by atoms with van der Waals surface area (Å²) in [6, 6.07) is 9.99. The first kappa shape index (κ1) is 12.9. The molecule has 1 aromatic carbocycles. The third-order valence-electron chi connectivity index (χ3n) is 3.46. The predicted octanol–water partition coefficient (Wildman–Crippen LogP) is 4.89. The van der Waals surface area contributed by atoms with E-state index in [9.17, 15) is 0 Å². The molecule has 1 aliphatic carbocycles. The fourth-order valence-corrected chi connectivity index (χ4v) is 2.44. The van der Waals surface area contributed by atoms with Gasteiger partial charge in [-0.2, -0.15) is 5.26 Å². The molecule has 0 bridgehead atoms. The Hall–Kier alpha value is -1.52. The molecule has 0 aromatic heterocycles. The Balaban J connectivity index is 2.20. The number of hydrogen-bond acceptors (Lipinski definition) is 1. The first-order valence-corrected chi connectivity index (χ1v) is 6.63. The third-order valence-corrected chi connectivity index (χ3v) is 3.77. The molecule has 0 unspecified atom stereocenters. The van der Waals surface area contributed by atoms with Gasteiger partial charge in [-0.1, -0.05) is 42.3 Å². The van der Waals surface area contributed by atoms with Crippen LogP contribution >= 0.6 is 11.6 Å². The van der Waals surface area contributed by atoms with Crippen molar-refractivity contribution in [3.63, 3.8) is 0 Å². The molecular weight excluding hydrogens is 242 g/mol. The van der Waals surface area contributed by atoms with Crippen LogP contribution in [0.3, 0.4) is 0 Å². The Morgan fingerprint density at radius 2 is 1.89 bits per heavy atom. The highest BCUT2D eigenvalue weighted by atomic mass is 35.5. The summed E-state index contributed by atoms with van der Waals surface area (Å²) in [5.41, 5.74) is 3.38. The predicted molar refractivity (Wildman–Crippen MR) is 75.4 cm³/mol. The molecule has 1 atom stereocenters. The maximum Gasteiger partial charge on any atom is 0.0991 e. The van der Waals surface area contributed by atoms with Crippen molar-refractivity contribution in [2.45, 2.75) is 32.1 Å². The van der Waals surface area contributed by atoms with Crippen LogP contribution in [0, 0.1) is 11.3 Å². The van der Waals surface area contributed by atoms with E-state index >= 15 is 0 Å². The van der Waals surface area contributed by atoms with Gasteiger partial charge < -0.3 is 0 Å². The number of allylic oxidation sites excluding steroid dienone is 4. The standard InChI is InChI=1S/C16H16ClN/c1-12(14-3-2-4-16(17)10-9-14)15-7-5-13(11-18)6-8-15/h5-10,12H,2-4H2,1H3/t12-/m0/s1. The summed E-state index contributed by atoms with van der Waals surface area (Å²) in [7, 11) is 0. The molecule has 0 N–H and O–H groups in total. The summed E-state index contributed by atoms with van der Waals surface area (Å²) in [6.07, 6.45) is 7.35. The van der Waals surface area contributed by atoms with Crippen LogP contribution in [0.2, 0.25) is 0 Å². The second-order valence-corrected chi connectivity index (χ2v) is 5.15. The fourth-order valence-electron chi connectivity index (χ4n) is 2.25. The molecule has 0 saturated heterocycles. The summed E-state index contributed by atoms with van der Waals surface area (Å²) in [4.78, 5) is 0. The molecule has 2 rings (SSSR count). The van der Waals surface area contributed by atoms with Crippen LogP contribution in [0.4, 0.5) is 0 Å². The lowest BCUT2D eigenvalue weighted by molar-refractivity contribution is 0.756. The van der Waals surface area contributed by atoms with Crippen LogP contribution < -0.4 is 0 Å². The van der Waals surface area contributed by atoms with Crippen molar-refractivity contribution < 1.29 is 0 Å². The Kier molecular flexibility index (Phi) is 4.23. The van der Waals surface area contributed by atoms with Crippen molar-refractivity contribution >= 4 is 11.6 Å². The number of rotatable bonds is 2.